The molecule has 3 aliphatic heterocycles. The second-order valence-electron chi connectivity index (χ2n) is 8.36. The fourth-order valence-electron chi connectivity index (χ4n) is 5.15. The van der Waals surface area contributed by atoms with Crippen molar-refractivity contribution in [1.82, 2.24) is 9.80 Å². The van der Waals surface area contributed by atoms with Crippen LogP contribution in [0.25, 0.3) is 0 Å². The van der Waals surface area contributed by atoms with Gasteiger partial charge in [0.25, 0.3) is 0 Å². The highest BCUT2D eigenvalue weighted by molar-refractivity contribution is 6.30. The Morgan fingerprint density at radius 1 is 1.00 bits per heavy atom. The second kappa shape index (κ2) is 8.47. The van der Waals surface area contributed by atoms with E-state index in [9.17, 15) is 5.11 Å². The number of hydrogen-bond donors (Lipinski definition) is 1. The van der Waals surface area contributed by atoms with Crippen molar-refractivity contribution in [3.05, 3.63) is 29.3 Å². The second-order valence-corrected chi connectivity index (χ2v) is 8.80. The van der Waals surface area contributed by atoms with Gasteiger partial charge in [-0.1, -0.05) is 17.7 Å². The van der Waals surface area contributed by atoms with Gasteiger partial charge in [0.05, 0.1) is 0 Å². The van der Waals surface area contributed by atoms with Crippen LogP contribution < -0.4 is 4.90 Å². The summed E-state index contributed by atoms with van der Waals surface area (Å²) in [6, 6.07) is 8.89. The molecule has 4 rings (SSSR count). The van der Waals surface area contributed by atoms with Crippen LogP contribution in [0.1, 0.15) is 25.7 Å². The Labute approximate surface area is 162 Å². The van der Waals surface area contributed by atoms with Crippen molar-refractivity contribution in [2.75, 3.05) is 57.3 Å². The van der Waals surface area contributed by atoms with Gasteiger partial charge in [-0.2, -0.15) is 0 Å². The van der Waals surface area contributed by atoms with Crippen LogP contribution in [-0.2, 0) is 0 Å². The van der Waals surface area contributed by atoms with Crippen molar-refractivity contribution in [2.24, 2.45) is 11.8 Å². The molecule has 0 aliphatic carbocycles. The minimum atomic E-state index is 0.344. The SMILES string of the molecule is OC[C@@H]1CN(C2CCN(c3cccc(Cl)c3)CC2)C[C@@H]1CN1CCCC1. The van der Waals surface area contributed by atoms with E-state index in [0.717, 1.165) is 24.7 Å². The maximum atomic E-state index is 9.88. The maximum Gasteiger partial charge on any atom is 0.0475 e. The molecule has 144 valence electrons. The van der Waals surface area contributed by atoms with E-state index >= 15 is 0 Å². The van der Waals surface area contributed by atoms with E-state index in [1.54, 1.807) is 0 Å². The predicted octanol–water partition coefficient (Wildman–Crippen LogP) is 2.94. The van der Waals surface area contributed by atoms with Crippen molar-refractivity contribution in [1.29, 1.82) is 0 Å². The first-order valence-electron chi connectivity index (χ1n) is 10.3. The molecule has 2 atom stereocenters. The van der Waals surface area contributed by atoms with Crippen LogP contribution in [-0.4, -0.2) is 73.4 Å². The summed E-state index contributed by atoms with van der Waals surface area (Å²) in [5.74, 6) is 1.10. The minimum absolute atomic E-state index is 0.344. The summed E-state index contributed by atoms with van der Waals surface area (Å²) in [4.78, 5) is 7.75. The average molecular weight is 378 g/mol. The Balaban J connectivity index is 1.31. The van der Waals surface area contributed by atoms with Crippen molar-refractivity contribution in [3.8, 4) is 0 Å². The first-order chi connectivity index (χ1) is 12.7. The Kier molecular flexibility index (Phi) is 6.04. The van der Waals surface area contributed by atoms with Crippen LogP contribution in [0.5, 0.6) is 0 Å². The van der Waals surface area contributed by atoms with Crippen LogP contribution in [0.15, 0.2) is 24.3 Å². The Morgan fingerprint density at radius 3 is 2.42 bits per heavy atom. The topological polar surface area (TPSA) is 30.0 Å². The molecule has 0 radical (unpaired) electrons. The predicted molar refractivity (Wildman–Crippen MR) is 108 cm³/mol. The normalized spacial score (nSPS) is 28.9. The number of likely N-dealkylation sites (tertiary alicyclic amines) is 2. The number of nitrogens with zero attached hydrogens (tertiary/aromatic N) is 3. The number of aliphatic hydroxyl groups excluding tert-OH is 1. The lowest BCUT2D eigenvalue weighted by atomic mass is 9.96. The molecule has 3 fully saturated rings. The number of aliphatic hydroxyl groups is 1. The third-order valence-electron chi connectivity index (χ3n) is 6.68. The molecule has 1 aromatic carbocycles. The number of piperidine rings is 1. The summed E-state index contributed by atoms with van der Waals surface area (Å²) in [5.41, 5.74) is 1.25. The number of halogens is 1. The molecule has 0 saturated carbocycles. The highest BCUT2D eigenvalue weighted by Gasteiger charge is 2.37. The van der Waals surface area contributed by atoms with Gasteiger partial charge in [0.2, 0.25) is 0 Å². The fraction of sp³-hybridized carbons (Fsp3) is 0.714. The summed E-state index contributed by atoms with van der Waals surface area (Å²) in [7, 11) is 0. The molecule has 3 aliphatic rings. The highest BCUT2D eigenvalue weighted by atomic mass is 35.5. The molecule has 26 heavy (non-hydrogen) atoms. The van der Waals surface area contributed by atoms with E-state index < -0.39 is 0 Å². The molecule has 5 heteroatoms. The van der Waals surface area contributed by atoms with Crippen LogP contribution in [0.2, 0.25) is 5.02 Å². The van der Waals surface area contributed by atoms with E-state index in [0.29, 0.717) is 24.5 Å². The molecule has 1 N–H and O–H groups in total. The average Bonchev–Trinajstić information content (AvgIpc) is 3.32. The molecule has 3 saturated heterocycles. The first kappa shape index (κ1) is 18.5. The molecule has 1 aromatic rings. The van der Waals surface area contributed by atoms with E-state index in [1.807, 2.05) is 12.1 Å². The van der Waals surface area contributed by atoms with Crippen LogP contribution in [0, 0.1) is 11.8 Å². The molecule has 0 aromatic heterocycles. The van der Waals surface area contributed by atoms with Gasteiger partial charge in [-0.25, -0.2) is 0 Å². The van der Waals surface area contributed by atoms with Crippen LogP contribution >= 0.6 is 11.6 Å². The Hall–Kier alpha value is -0.810. The van der Waals surface area contributed by atoms with Gasteiger partial charge >= 0.3 is 0 Å². The van der Waals surface area contributed by atoms with Crippen molar-refractivity contribution < 1.29 is 5.11 Å². The summed E-state index contributed by atoms with van der Waals surface area (Å²) in [6.45, 7) is 8.49. The molecule has 0 amide bonds. The molecule has 0 bridgehead atoms. The lowest BCUT2D eigenvalue weighted by Crippen LogP contribution is -2.44. The van der Waals surface area contributed by atoms with Gasteiger partial charge in [-0.15, -0.1) is 0 Å². The highest BCUT2D eigenvalue weighted by Crippen LogP contribution is 2.31. The van der Waals surface area contributed by atoms with Crippen molar-refractivity contribution >= 4 is 17.3 Å². The summed E-state index contributed by atoms with van der Waals surface area (Å²) in [6.07, 6.45) is 5.12. The zero-order valence-corrected chi connectivity index (χ0v) is 16.4. The fourth-order valence-corrected chi connectivity index (χ4v) is 5.33. The van der Waals surface area contributed by atoms with E-state index in [4.69, 9.17) is 11.6 Å². The molecule has 0 spiro atoms. The third kappa shape index (κ3) is 4.19. The number of hydrogen-bond acceptors (Lipinski definition) is 4. The number of benzene rings is 1. The smallest absolute Gasteiger partial charge is 0.0475 e. The van der Waals surface area contributed by atoms with Gasteiger partial charge in [0.15, 0.2) is 0 Å². The molecule has 4 nitrogen and oxygen atoms in total. The van der Waals surface area contributed by atoms with Crippen molar-refractivity contribution in [2.45, 2.75) is 31.7 Å². The zero-order valence-electron chi connectivity index (χ0n) is 15.7. The molecular formula is C21H32ClN3O. The standard InChI is InChI=1S/C21H32ClN3O/c22-19-4-3-5-21(12-19)24-10-6-20(7-11-24)25-14-17(18(15-25)16-26)13-23-8-1-2-9-23/h3-5,12,17-18,20,26H,1-2,6-11,13-16H2/t17-,18-/m0/s1. The largest absolute Gasteiger partial charge is 0.396 e. The number of anilines is 1. The van der Waals surface area contributed by atoms with E-state index in [-0.39, 0.29) is 0 Å². The maximum absolute atomic E-state index is 9.88. The lowest BCUT2D eigenvalue weighted by Gasteiger charge is -2.38. The van der Waals surface area contributed by atoms with Gasteiger partial charge in [-0.3, -0.25) is 4.90 Å². The Morgan fingerprint density at radius 2 is 1.73 bits per heavy atom. The van der Waals surface area contributed by atoms with E-state index in [2.05, 4.69) is 26.8 Å². The minimum Gasteiger partial charge on any atom is -0.396 e. The lowest BCUT2D eigenvalue weighted by molar-refractivity contribution is 0.171. The zero-order chi connectivity index (χ0) is 17.9. The quantitative estimate of drug-likeness (QED) is 0.854. The van der Waals surface area contributed by atoms with Gasteiger partial charge in [0.1, 0.15) is 0 Å². The third-order valence-corrected chi connectivity index (χ3v) is 6.92. The van der Waals surface area contributed by atoms with E-state index in [1.165, 1.54) is 57.5 Å². The number of rotatable bonds is 5. The molecule has 3 heterocycles. The monoisotopic (exact) mass is 377 g/mol. The van der Waals surface area contributed by atoms with Gasteiger partial charge in [-0.05, 0) is 68.8 Å². The van der Waals surface area contributed by atoms with Crippen molar-refractivity contribution in [3.63, 3.8) is 0 Å². The Bertz CT molecular complexity index is 584. The first-order valence-corrected chi connectivity index (χ1v) is 10.7. The van der Waals surface area contributed by atoms with Crippen LogP contribution in [0.3, 0.4) is 0 Å². The van der Waals surface area contributed by atoms with Gasteiger partial charge < -0.3 is 14.9 Å². The summed E-state index contributed by atoms with van der Waals surface area (Å²) in [5, 5.41) is 10.7. The van der Waals surface area contributed by atoms with Gasteiger partial charge in [0, 0.05) is 56.1 Å². The van der Waals surface area contributed by atoms with Crippen LogP contribution in [0.4, 0.5) is 5.69 Å². The summed E-state index contributed by atoms with van der Waals surface area (Å²) < 4.78 is 0. The molecular weight excluding hydrogens is 346 g/mol. The summed E-state index contributed by atoms with van der Waals surface area (Å²) >= 11 is 6.15. The molecule has 0 unspecified atom stereocenters.